The molecule has 4 heteroatoms. The highest BCUT2D eigenvalue weighted by Crippen LogP contribution is 2.26. The van der Waals surface area contributed by atoms with Gasteiger partial charge in [0.05, 0.1) is 11.3 Å². The fourth-order valence-electron chi connectivity index (χ4n) is 2.01. The van der Waals surface area contributed by atoms with Gasteiger partial charge in [-0.1, -0.05) is 12.1 Å². The first-order valence-electron chi connectivity index (χ1n) is 6.47. The summed E-state index contributed by atoms with van der Waals surface area (Å²) in [7, 11) is 1.60. The van der Waals surface area contributed by atoms with Gasteiger partial charge in [0.25, 0.3) is 5.91 Å². The average Bonchev–Trinajstić information content (AvgIpc) is 2.43. The molecule has 2 aromatic carbocycles. The van der Waals surface area contributed by atoms with E-state index in [2.05, 4.69) is 28.8 Å². The molecule has 0 saturated heterocycles. The second-order valence-corrected chi connectivity index (χ2v) is 4.83. The van der Waals surface area contributed by atoms with Crippen LogP contribution in [0.1, 0.15) is 21.5 Å². The van der Waals surface area contributed by atoms with E-state index in [-0.39, 0.29) is 5.91 Å². The molecule has 0 aromatic heterocycles. The highest BCUT2D eigenvalue weighted by Gasteiger charge is 2.11. The van der Waals surface area contributed by atoms with Gasteiger partial charge in [-0.15, -0.1) is 0 Å². The van der Waals surface area contributed by atoms with Gasteiger partial charge in [-0.2, -0.15) is 0 Å². The molecule has 0 spiro atoms. The zero-order chi connectivity index (χ0) is 14.7. The molecular formula is C16H19N3O. The maximum atomic E-state index is 11.9. The number of carbonyl (C=O) groups excluding carboxylic acids is 1. The molecule has 0 aliphatic carbocycles. The largest absolute Gasteiger partial charge is 0.399 e. The monoisotopic (exact) mass is 269 g/mol. The third-order valence-electron chi connectivity index (χ3n) is 3.18. The third kappa shape index (κ3) is 2.91. The van der Waals surface area contributed by atoms with E-state index in [1.807, 2.05) is 19.9 Å². The molecule has 2 aromatic rings. The Kier molecular flexibility index (Phi) is 3.94. The minimum absolute atomic E-state index is 0.162. The van der Waals surface area contributed by atoms with E-state index in [9.17, 15) is 4.79 Å². The molecule has 0 saturated carbocycles. The van der Waals surface area contributed by atoms with Gasteiger partial charge in [0.15, 0.2) is 0 Å². The van der Waals surface area contributed by atoms with Crippen LogP contribution in [0.3, 0.4) is 0 Å². The summed E-state index contributed by atoms with van der Waals surface area (Å²) in [6.07, 6.45) is 0. The average molecular weight is 269 g/mol. The summed E-state index contributed by atoms with van der Waals surface area (Å²) in [5, 5.41) is 5.93. The van der Waals surface area contributed by atoms with Gasteiger partial charge in [-0.05, 0) is 49.2 Å². The van der Waals surface area contributed by atoms with E-state index in [4.69, 9.17) is 5.73 Å². The smallest absolute Gasteiger partial charge is 0.253 e. The van der Waals surface area contributed by atoms with Crippen LogP contribution >= 0.6 is 0 Å². The first-order valence-corrected chi connectivity index (χ1v) is 6.47. The molecule has 4 N–H and O–H groups in total. The zero-order valence-electron chi connectivity index (χ0n) is 11.9. The number of carbonyl (C=O) groups is 1. The minimum atomic E-state index is -0.162. The van der Waals surface area contributed by atoms with Crippen LogP contribution < -0.4 is 16.4 Å². The summed E-state index contributed by atoms with van der Waals surface area (Å²) >= 11 is 0. The van der Waals surface area contributed by atoms with Crippen molar-refractivity contribution in [3.63, 3.8) is 0 Å². The molecule has 1 amide bonds. The van der Waals surface area contributed by atoms with E-state index in [1.165, 1.54) is 0 Å². The van der Waals surface area contributed by atoms with Crippen LogP contribution in [-0.2, 0) is 0 Å². The number of anilines is 3. The van der Waals surface area contributed by atoms with Crippen molar-refractivity contribution in [3.05, 3.63) is 53.1 Å². The lowest BCUT2D eigenvalue weighted by Crippen LogP contribution is -2.19. The molecule has 0 aliphatic heterocycles. The maximum absolute atomic E-state index is 11.9. The molecule has 20 heavy (non-hydrogen) atoms. The predicted molar refractivity (Wildman–Crippen MR) is 83.4 cm³/mol. The summed E-state index contributed by atoms with van der Waals surface area (Å²) in [5.41, 5.74) is 10.9. The first-order chi connectivity index (χ1) is 9.51. The molecule has 0 heterocycles. The standard InChI is InChI=1S/C16H19N3O/c1-10-4-5-11(2)15(8-10)19-14-7-6-12(17)9-13(14)16(20)18-3/h4-9,19H,17H2,1-3H3,(H,18,20). The molecule has 0 unspecified atom stereocenters. The number of rotatable bonds is 3. The molecule has 2 rings (SSSR count). The van der Waals surface area contributed by atoms with Crippen LogP contribution in [0.4, 0.5) is 17.1 Å². The Balaban J connectivity index is 2.43. The number of nitrogen functional groups attached to an aromatic ring is 1. The van der Waals surface area contributed by atoms with Crippen molar-refractivity contribution >= 4 is 23.0 Å². The van der Waals surface area contributed by atoms with Crippen LogP contribution in [0.5, 0.6) is 0 Å². The molecular weight excluding hydrogens is 250 g/mol. The van der Waals surface area contributed by atoms with Crippen LogP contribution in [0.25, 0.3) is 0 Å². The van der Waals surface area contributed by atoms with Crippen molar-refractivity contribution < 1.29 is 4.79 Å². The lowest BCUT2D eigenvalue weighted by atomic mass is 10.1. The second-order valence-electron chi connectivity index (χ2n) is 4.83. The fraction of sp³-hybridized carbons (Fsp3) is 0.188. The van der Waals surface area contributed by atoms with Crippen LogP contribution in [-0.4, -0.2) is 13.0 Å². The summed E-state index contributed by atoms with van der Waals surface area (Å²) in [6.45, 7) is 4.06. The van der Waals surface area contributed by atoms with Gasteiger partial charge in [0, 0.05) is 18.4 Å². The number of nitrogens with two attached hydrogens (primary N) is 1. The van der Waals surface area contributed by atoms with Crippen LogP contribution in [0.2, 0.25) is 0 Å². The Bertz CT molecular complexity index is 650. The molecule has 0 radical (unpaired) electrons. The normalized spacial score (nSPS) is 10.2. The van der Waals surface area contributed by atoms with Crippen molar-refractivity contribution in [3.8, 4) is 0 Å². The van der Waals surface area contributed by atoms with E-state index in [0.29, 0.717) is 11.3 Å². The molecule has 4 nitrogen and oxygen atoms in total. The van der Waals surface area contributed by atoms with Crippen molar-refractivity contribution in [1.82, 2.24) is 5.32 Å². The van der Waals surface area contributed by atoms with E-state index in [1.54, 1.807) is 19.2 Å². The SMILES string of the molecule is CNC(=O)c1cc(N)ccc1Nc1cc(C)ccc1C. The predicted octanol–water partition coefficient (Wildman–Crippen LogP) is 2.99. The number of benzene rings is 2. The van der Waals surface area contributed by atoms with Gasteiger partial charge in [0.1, 0.15) is 0 Å². The summed E-state index contributed by atoms with van der Waals surface area (Å²) in [6, 6.07) is 11.4. The van der Waals surface area contributed by atoms with E-state index < -0.39 is 0 Å². The van der Waals surface area contributed by atoms with Crippen molar-refractivity contribution in [2.75, 3.05) is 18.1 Å². The number of hydrogen-bond acceptors (Lipinski definition) is 3. The third-order valence-corrected chi connectivity index (χ3v) is 3.18. The Hall–Kier alpha value is -2.49. The molecule has 0 aliphatic rings. The molecule has 0 fully saturated rings. The number of nitrogens with one attached hydrogen (secondary N) is 2. The van der Waals surface area contributed by atoms with Gasteiger partial charge < -0.3 is 16.4 Å². The van der Waals surface area contributed by atoms with Crippen molar-refractivity contribution in [2.24, 2.45) is 0 Å². The van der Waals surface area contributed by atoms with Gasteiger partial charge in [0.2, 0.25) is 0 Å². The number of amides is 1. The zero-order valence-corrected chi connectivity index (χ0v) is 11.9. The fourth-order valence-corrected chi connectivity index (χ4v) is 2.01. The minimum Gasteiger partial charge on any atom is -0.399 e. The van der Waals surface area contributed by atoms with Gasteiger partial charge in [-0.3, -0.25) is 4.79 Å². The number of aryl methyl sites for hydroxylation is 2. The molecule has 104 valence electrons. The van der Waals surface area contributed by atoms with Gasteiger partial charge >= 0.3 is 0 Å². The van der Waals surface area contributed by atoms with Crippen LogP contribution in [0, 0.1) is 13.8 Å². The Labute approximate surface area is 119 Å². The quantitative estimate of drug-likeness (QED) is 0.750. The molecule has 0 atom stereocenters. The van der Waals surface area contributed by atoms with Gasteiger partial charge in [-0.25, -0.2) is 0 Å². The summed E-state index contributed by atoms with van der Waals surface area (Å²) in [4.78, 5) is 11.9. The van der Waals surface area contributed by atoms with E-state index in [0.717, 1.165) is 22.5 Å². The number of hydrogen-bond donors (Lipinski definition) is 3. The Morgan fingerprint density at radius 3 is 2.50 bits per heavy atom. The van der Waals surface area contributed by atoms with Crippen molar-refractivity contribution in [2.45, 2.75) is 13.8 Å². The topological polar surface area (TPSA) is 67.2 Å². The van der Waals surface area contributed by atoms with Crippen molar-refractivity contribution in [1.29, 1.82) is 0 Å². The lowest BCUT2D eigenvalue weighted by Gasteiger charge is -2.14. The maximum Gasteiger partial charge on any atom is 0.253 e. The Morgan fingerprint density at radius 1 is 1.05 bits per heavy atom. The Morgan fingerprint density at radius 2 is 1.80 bits per heavy atom. The lowest BCUT2D eigenvalue weighted by molar-refractivity contribution is 0.0964. The van der Waals surface area contributed by atoms with Crippen LogP contribution in [0.15, 0.2) is 36.4 Å². The highest BCUT2D eigenvalue weighted by molar-refractivity contribution is 6.01. The first kappa shape index (κ1) is 13.9. The summed E-state index contributed by atoms with van der Waals surface area (Å²) in [5.74, 6) is -0.162. The summed E-state index contributed by atoms with van der Waals surface area (Å²) < 4.78 is 0. The highest BCUT2D eigenvalue weighted by atomic mass is 16.1. The van der Waals surface area contributed by atoms with E-state index >= 15 is 0 Å². The second kappa shape index (κ2) is 5.65. The molecule has 0 bridgehead atoms.